The zero-order valence-electron chi connectivity index (χ0n) is 19.6. The average molecular weight is 449 g/mol. The van der Waals surface area contributed by atoms with Crippen molar-refractivity contribution in [2.45, 2.75) is 77.7 Å². The molecular formula is C24H36N2O6. The molecule has 0 bridgehead atoms. The molecule has 1 N–H and O–H groups in total. The Morgan fingerprint density at radius 1 is 1.25 bits per heavy atom. The van der Waals surface area contributed by atoms with Crippen molar-refractivity contribution in [1.29, 1.82) is 0 Å². The van der Waals surface area contributed by atoms with Gasteiger partial charge >= 0.3 is 5.97 Å². The molecule has 1 aliphatic carbocycles. The molecule has 1 saturated carbocycles. The van der Waals surface area contributed by atoms with E-state index in [1.807, 2.05) is 0 Å². The minimum Gasteiger partial charge on any atom is -0.465 e. The summed E-state index contributed by atoms with van der Waals surface area (Å²) in [5.74, 6) is 4.69. The standard InChI is InChI=1S/C24H36N2O6/c1-5-31-23(29)17-14-26-18(13-19(17)27)16-12-20(28)21(32-9-7-6-8-25-30)10-15(16)11-22(26)24(2,3)4/h15-18,20-22,28H,5,8-14H2,1-4H3. The number of hydrogen-bond acceptors (Lipinski definition) is 8. The summed E-state index contributed by atoms with van der Waals surface area (Å²) in [6.07, 6.45) is 1.59. The molecule has 2 aliphatic heterocycles. The zero-order chi connectivity index (χ0) is 23.5. The largest absolute Gasteiger partial charge is 0.465 e. The van der Waals surface area contributed by atoms with Crippen molar-refractivity contribution in [2.24, 2.45) is 28.3 Å². The first-order chi connectivity index (χ1) is 15.2. The summed E-state index contributed by atoms with van der Waals surface area (Å²) >= 11 is 0. The first-order valence-corrected chi connectivity index (χ1v) is 11.7. The molecule has 3 fully saturated rings. The molecule has 8 heteroatoms. The molecule has 0 radical (unpaired) electrons. The Hall–Kier alpha value is -1.82. The van der Waals surface area contributed by atoms with E-state index in [9.17, 15) is 19.6 Å². The van der Waals surface area contributed by atoms with Gasteiger partial charge in [-0.3, -0.25) is 14.5 Å². The molecule has 8 nitrogen and oxygen atoms in total. The van der Waals surface area contributed by atoms with E-state index in [0.29, 0.717) is 31.7 Å². The van der Waals surface area contributed by atoms with Crippen molar-refractivity contribution in [2.75, 3.05) is 26.3 Å². The highest BCUT2D eigenvalue weighted by atomic mass is 16.5. The van der Waals surface area contributed by atoms with Crippen LogP contribution < -0.4 is 0 Å². The van der Waals surface area contributed by atoms with Gasteiger partial charge in [-0.2, -0.15) is 0 Å². The number of ketones is 1. The van der Waals surface area contributed by atoms with Crippen LogP contribution in [0.15, 0.2) is 5.18 Å². The molecule has 32 heavy (non-hydrogen) atoms. The molecule has 7 unspecified atom stereocenters. The van der Waals surface area contributed by atoms with Crippen LogP contribution in [-0.4, -0.2) is 72.4 Å². The fourth-order valence-corrected chi connectivity index (χ4v) is 5.85. The maximum absolute atomic E-state index is 12.9. The second-order valence-electron chi connectivity index (χ2n) is 10.3. The molecule has 2 heterocycles. The van der Waals surface area contributed by atoms with E-state index < -0.39 is 18.0 Å². The van der Waals surface area contributed by atoms with Gasteiger partial charge in [0, 0.05) is 25.0 Å². The molecule has 3 aliphatic rings. The second kappa shape index (κ2) is 10.4. The highest BCUT2D eigenvalue weighted by molar-refractivity contribution is 6.00. The number of nitroso groups, excluding NO2 is 1. The minimum atomic E-state index is -0.725. The molecule has 0 spiro atoms. The van der Waals surface area contributed by atoms with Crippen LogP contribution in [0.1, 0.15) is 53.4 Å². The van der Waals surface area contributed by atoms with Crippen LogP contribution in [0.2, 0.25) is 0 Å². The number of ether oxygens (including phenoxy) is 2. The normalized spacial score (nSPS) is 35.2. The summed E-state index contributed by atoms with van der Waals surface area (Å²) in [7, 11) is 0. The van der Waals surface area contributed by atoms with E-state index in [2.05, 4.69) is 42.7 Å². The molecule has 0 amide bonds. The number of hydrogen-bond donors (Lipinski definition) is 1. The summed E-state index contributed by atoms with van der Waals surface area (Å²) in [5, 5.41) is 13.5. The van der Waals surface area contributed by atoms with E-state index in [0.717, 1.165) is 6.42 Å². The van der Waals surface area contributed by atoms with Crippen molar-refractivity contribution in [3.63, 3.8) is 0 Å². The predicted molar refractivity (Wildman–Crippen MR) is 118 cm³/mol. The topological polar surface area (TPSA) is 106 Å². The predicted octanol–water partition coefficient (Wildman–Crippen LogP) is 2.17. The Labute approximate surface area is 190 Å². The first-order valence-electron chi connectivity index (χ1n) is 11.7. The number of fused-ring (bicyclic) bond motifs is 3. The summed E-state index contributed by atoms with van der Waals surface area (Å²) in [6.45, 7) is 9.12. The highest BCUT2D eigenvalue weighted by Crippen LogP contribution is 2.49. The van der Waals surface area contributed by atoms with Gasteiger partial charge < -0.3 is 14.6 Å². The monoisotopic (exact) mass is 448 g/mol. The van der Waals surface area contributed by atoms with Crippen LogP contribution in [0.5, 0.6) is 0 Å². The van der Waals surface area contributed by atoms with Gasteiger partial charge in [0.2, 0.25) is 0 Å². The van der Waals surface area contributed by atoms with Gasteiger partial charge in [0.05, 0.1) is 18.8 Å². The smallest absolute Gasteiger partial charge is 0.317 e. The third kappa shape index (κ3) is 5.38. The van der Waals surface area contributed by atoms with Gasteiger partial charge in [-0.05, 0) is 43.4 Å². The SMILES string of the molecule is CCOC(=O)C1CN2C(CC1=O)C1CC(O)C(OCC#CCN=O)CC1CC2C(C)(C)C. The Kier molecular flexibility index (Phi) is 8.07. The molecule has 2 saturated heterocycles. The first kappa shape index (κ1) is 24.8. The summed E-state index contributed by atoms with van der Waals surface area (Å²) in [5.41, 5.74) is -0.0253. The van der Waals surface area contributed by atoms with Crippen LogP contribution in [0, 0.1) is 39.9 Å². The summed E-state index contributed by atoms with van der Waals surface area (Å²) < 4.78 is 11.0. The minimum absolute atomic E-state index is 0.0187. The lowest BCUT2D eigenvalue weighted by molar-refractivity contribution is -0.166. The Morgan fingerprint density at radius 2 is 2.00 bits per heavy atom. The van der Waals surface area contributed by atoms with Gasteiger partial charge in [-0.1, -0.05) is 37.8 Å². The average Bonchev–Trinajstić information content (AvgIpc) is 2.72. The lowest BCUT2D eigenvalue weighted by Gasteiger charge is -2.58. The number of rotatable bonds is 5. The van der Waals surface area contributed by atoms with E-state index in [4.69, 9.17) is 9.47 Å². The van der Waals surface area contributed by atoms with Crippen LogP contribution >= 0.6 is 0 Å². The van der Waals surface area contributed by atoms with Crippen molar-refractivity contribution in [3.8, 4) is 11.8 Å². The zero-order valence-corrected chi connectivity index (χ0v) is 19.6. The van der Waals surface area contributed by atoms with E-state index in [-0.39, 0.29) is 55.1 Å². The molecule has 0 aromatic carbocycles. The number of Topliss-reactive ketones (excluding diaryl/α,β-unsaturated/α-hetero) is 1. The third-order valence-electron chi connectivity index (χ3n) is 7.33. The van der Waals surface area contributed by atoms with Crippen molar-refractivity contribution >= 4 is 11.8 Å². The Bertz CT molecular complexity index is 767. The van der Waals surface area contributed by atoms with Gasteiger partial charge in [0.25, 0.3) is 0 Å². The molecule has 178 valence electrons. The lowest BCUT2D eigenvalue weighted by atomic mass is 9.61. The van der Waals surface area contributed by atoms with E-state index in [1.54, 1.807) is 6.92 Å². The number of piperidine rings is 2. The highest BCUT2D eigenvalue weighted by Gasteiger charge is 2.54. The molecule has 7 atom stereocenters. The van der Waals surface area contributed by atoms with E-state index >= 15 is 0 Å². The Balaban J connectivity index is 1.77. The Morgan fingerprint density at radius 3 is 2.66 bits per heavy atom. The number of esters is 1. The molecule has 0 aromatic rings. The number of aliphatic hydroxyl groups is 1. The fourth-order valence-electron chi connectivity index (χ4n) is 5.85. The van der Waals surface area contributed by atoms with Crippen LogP contribution in [0.3, 0.4) is 0 Å². The van der Waals surface area contributed by atoms with Gasteiger partial charge in [-0.15, -0.1) is 4.91 Å². The second-order valence-corrected chi connectivity index (χ2v) is 10.3. The number of carbonyl (C=O) groups excluding carboxylic acids is 2. The van der Waals surface area contributed by atoms with Gasteiger partial charge in [0.1, 0.15) is 24.9 Å². The molecular weight excluding hydrogens is 412 g/mol. The summed E-state index contributed by atoms with van der Waals surface area (Å²) in [6, 6.07) is 0.235. The summed E-state index contributed by atoms with van der Waals surface area (Å²) in [4.78, 5) is 37.8. The maximum Gasteiger partial charge on any atom is 0.317 e. The molecule has 0 aromatic heterocycles. The van der Waals surface area contributed by atoms with Crippen molar-refractivity contribution in [3.05, 3.63) is 4.91 Å². The van der Waals surface area contributed by atoms with Gasteiger partial charge in [-0.25, -0.2) is 0 Å². The number of nitrogens with zero attached hydrogens (tertiary/aromatic N) is 2. The maximum atomic E-state index is 12.9. The fraction of sp³-hybridized carbons (Fsp3) is 0.833. The quantitative estimate of drug-likeness (QED) is 0.297. The van der Waals surface area contributed by atoms with Crippen molar-refractivity contribution < 1.29 is 24.2 Å². The van der Waals surface area contributed by atoms with Crippen LogP contribution in [-0.2, 0) is 19.1 Å². The number of carbonyl (C=O) groups is 2. The van der Waals surface area contributed by atoms with Crippen molar-refractivity contribution in [1.82, 2.24) is 4.90 Å². The van der Waals surface area contributed by atoms with Crippen LogP contribution in [0.4, 0.5) is 0 Å². The van der Waals surface area contributed by atoms with Crippen LogP contribution in [0.25, 0.3) is 0 Å². The molecule has 3 rings (SSSR count). The van der Waals surface area contributed by atoms with Gasteiger partial charge in [0.15, 0.2) is 0 Å². The van der Waals surface area contributed by atoms with E-state index in [1.165, 1.54) is 0 Å². The third-order valence-corrected chi connectivity index (χ3v) is 7.33. The lowest BCUT2D eigenvalue weighted by Crippen LogP contribution is -2.65. The number of aliphatic hydroxyl groups excluding tert-OH is 1.